The lowest BCUT2D eigenvalue weighted by Gasteiger charge is -2.32. The average Bonchev–Trinajstić information content (AvgIpc) is 3.69. The molecule has 51 heavy (non-hydrogen) atoms. The number of aromatic nitrogens is 6. The maximum atomic E-state index is 16.1. The number of hydrogen-bond acceptors (Lipinski definition) is 19. The predicted octanol–water partition coefficient (Wildman–Crippen LogP) is 1.53. The van der Waals surface area contributed by atoms with Crippen molar-refractivity contribution in [2.24, 2.45) is 0 Å². The van der Waals surface area contributed by atoms with Crippen molar-refractivity contribution in [2.45, 2.75) is 69.2 Å². The summed E-state index contributed by atoms with van der Waals surface area (Å²) in [5.41, 5.74) is 4.03. The van der Waals surface area contributed by atoms with Gasteiger partial charge < -0.3 is 38.6 Å². The monoisotopic (exact) mass is 785 g/mol. The maximum Gasteiger partial charge on any atom is 0.509 e. The first kappa shape index (κ1) is 38.8. The molecule has 3 aliphatic rings. The van der Waals surface area contributed by atoms with Crippen LogP contribution in [0.5, 0.6) is 0 Å². The molecule has 2 unspecified atom stereocenters. The van der Waals surface area contributed by atoms with Crippen LogP contribution in [0.3, 0.4) is 0 Å². The van der Waals surface area contributed by atoms with Gasteiger partial charge in [-0.15, -0.1) is 0 Å². The van der Waals surface area contributed by atoms with E-state index in [1.807, 2.05) is 4.98 Å². The fraction of sp³-hybridized carbons (Fsp3) is 0.560. The van der Waals surface area contributed by atoms with Crippen LogP contribution in [-0.2, 0) is 46.2 Å². The van der Waals surface area contributed by atoms with E-state index in [1.54, 1.807) is 13.8 Å². The van der Waals surface area contributed by atoms with E-state index in [0.29, 0.717) is 4.57 Å². The highest BCUT2D eigenvalue weighted by Crippen LogP contribution is 2.63. The van der Waals surface area contributed by atoms with Gasteiger partial charge in [0.1, 0.15) is 36.3 Å². The van der Waals surface area contributed by atoms with Crippen molar-refractivity contribution < 1.29 is 64.6 Å². The number of carbonyl (C=O) groups is 1. The number of fused-ring (bicyclic) bond motifs is 3. The number of imidazole rings is 1. The number of nitrogen functional groups attached to an aromatic ring is 1. The molecule has 3 aromatic rings. The molecule has 0 radical (unpaired) electrons. The van der Waals surface area contributed by atoms with Crippen LogP contribution in [0.1, 0.15) is 26.3 Å². The highest BCUT2D eigenvalue weighted by atomic mass is 32.7. The van der Waals surface area contributed by atoms with Crippen LogP contribution in [0.15, 0.2) is 34.5 Å². The van der Waals surface area contributed by atoms with Gasteiger partial charge in [-0.3, -0.25) is 32.5 Å². The van der Waals surface area contributed by atoms with Crippen molar-refractivity contribution >= 4 is 49.1 Å². The van der Waals surface area contributed by atoms with E-state index in [9.17, 15) is 28.4 Å². The number of hydrogen-bond donors (Lipinski definition) is 2. The Bertz CT molecular complexity index is 1950. The number of nitrogens with zero attached hydrogens (tertiary/aromatic N) is 5. The first-order valence-corrected chi connectivity index (χ1v) is 19.1. The minimum Gasteiger partial charge on any atom is -0.756 e. The number of alkyl halides is 2. The van der Waals surface area contributed by atoms with Gasteiger partial charge in [-0.05, 0) is 13.8 Å². The van der Waals surface area contributed by atoms with Crippen molar-refractivity contribution in [3.8, 4) is 0 Å². The molecule has 10 atom stereocenters. The molecule has 3 N–H and O–H groups in total. The Morgan fingerprint density at radius 2 is 1.73 bits per heavy atom. The summed E-state index contributed by atoms with van der Waals surface area (Å²) in [4.78, 5) is 62.8. The second-order valence-corrected chi connectivity index (χ2v) is 16.4. The normalized spacial score (nSPS) is 34.2. The zero-order chi connectivity index (χ0) is 36.0. The van der Waals surface area contributed by atoms with Crippen LogP contribution < -0.4 is 21.9 Å². The molecule has 3 aromatic heterocycles. The van der Waals surface area contributed by atoms with Crippen LogP contribution in [0, 0.1) is 7.43 Å². The third kappa shape index (κ3) is 8.30. The lowest BCUT2D eigenvalue weighted by Crippen LogP contribution is -2.38. The zero-order valence-corrected chi connectivity index (χ0v) is 29.3. The number of rotatable bonds is 6. The number of aromatic amines is 1. The molecule has 26 heteroatoms. The smallest absolute Gasteiger partial charge is 0.509 e. The number of nitrogens with two attached hydrogens (primary N) is 1. The summed E-state index contributed by atoms with van der Waals surface area (Å²) in [6, 6.07) is 0.894. The Labute approximate surface area is 289 Å². The highest BCUT2D eigenvalue weighted by Gasteiger charge is 2.54. The van der Waals surface area contributed by atoms with E-state index in [1.165, 1.54) is 0 Å². The van der Waals surface area contributed by atoms with E-state index in [4.69, 9.17) is 42.8 Å². The predicted molar refractivity (Wildman–Crippen MR) is 167 cm³/mol. The molecule has 3 saturated heterocycles. The van der Waals surface area contributed by atoms with Gasteiger partial charge in [-0.25, -0.2) is 37.9 Å². The summed E-state index contributed by atoms with van der Waals surface area (Å²) in [6.45, 7) is -3.59. The third-order valence-electron chi connectivity index (χ3n) is 7.34. The van der Waals surface area contributed by atoms with Crippen LogP contribution in [-0.4, -0.2) is 97.2 Å². The number of ether oxygens (including phenoxy) is 4. The minimum absolute atomic E-state index is 0. The summed E-state index contributed by atoms with van der Waals surface area (Å²) in [5, 5.41) is 0. The van der Waals surface area contributed by atoms with E-state index >= 15 is 8.78 Å². The summed E-state index contributed by atoms with van der Waals surface area (Å²) in [5.74, 6) is -0.762. The van der Waals surface area contributed by atoms with Gasteiger partial charge in [0, 0.05) is 31.1 Å². The number of phosphoric acid groups is 1. The van der Waals surface area contributed by atoms with Crippen LogP contribution >= 0.6 is 26.0 Å². The fourth-order valence-corrected chi connectivity index (χ4v) is 8.89. The van der Waals surface area contributed by atoms with Crippen molar-refractivity contribution in [3.63, 3.8) is 0 Å². The van der Waals surface area contributed by atoms with E-state index in [2.05, 4.69) is 15.0 Å². The van der Waals surface area contributed by atoms with Gasteiger partial charge in [0.15, 0.2) is 42.2 Å². The Morgan fingerprint density at radius 3 is 2.39 bits per heavy atom. The number of carbonyl (C=O) groups excluding carboxylic acids is 1. The lowest BCUT2D eigenvalue weighted by molar-refractivity contribution is -0.235. The minimum atomic E-state index is -5.47. The van der Waals surface area contributed by atoms with Crippen molar-refractivity contribution in [1.82, 2.24) is 29.1 Å². The van der Waals surface area contributed by atoms with E-state index < -0.39 is 106 Å². The Kier molecular flexibility index (Phi) is 11.6. The van der Waals surface area contributed by atoms with Gasteiger partial charge in [0.05, 0.1) is 25.6 Å². The van der Waals surface area contributed by atoms with Gasteiger partial charge in [0.25, 0.3) is 13.4 Å². The molecule has 3 aliphatic heterocycles. The van der Waals surface area contributed by atoms with E-state index in [0.717, 1.165) is 29.5 Å². The maximum absolute atomic E-state index is 16.1. The standard InChI is InChI=1S/C24H29F2N7O14P2S.CH3/c1-10(2)43-24(36)40-9-50-49(39)42-6-12-17(14(25)22(45-12)33-8-30-16-19(27)28-7-29-20(16)33)46-48(37,38)41-5-11-18(47-49)15(26)21(44-11)32-4-3-13(34)31-23(32)35;/h3-4,7-8,10-12,14-15,17-18,21-22H,5-6,9H2,1-2H3,(H,37,38)(H2,27,28,29)(H,31,34,35);1H3/q;+1/p-1/t11-,12-,14-,15-,17-,18-,21-,22-,49?;/m1./s1. The number of nitrogens with one attached hydrogen (secondary N) is 1. The molecular formula is C25H31F2N7O14P2S. The number of halogens is 2. The number of phosphoric ester groups is 1. The van der Waals surface area contributed by atoms with Gasteiger partial charge >= 0.3 is 18.6 Å². The quantitative estimate of drug-likeness (QED) is 0.155. The molecule has 0 aliphatic carbocycles. The largest absolute Gasteiger partial charge is 0.756 e. The van der Waals surface area contributed by atoms with Crippen LogP contribution in [0.25, 0.3) is 11.2 Å². The molecule has 0 saturated carbocycles. The van der Waals surface area contributed by atoms with Gasteiger partial charge in [-0.2, -0.15) is 0 Å². The second kappa shape index (κ2) is 15.3. The molecular weight excluding hydrogens is 754 g/mol. The number of anilines is 1. The lowest BCUT2D eigenvalue weighted by atomic mass is 10.1. The molecule has 280 valence electrons. The van der Waals surface area contributed by atoms with Gasteiger partial charge in [0.2, 0.25) is 0 Å². The summed E-state index contributed by atoms with van der Waals surface area (Å²) in [6.07, 6.45) is -14.1. The van der Waals surface area contributed by atoms with Crippen LogP contribution in [0.2, 0.25) is 0 Å². The molecule has 6 rings (SSSR count). The SMILES string of the molecule is CC(C)OC(=O)OCSP1(=O)OC[C@H]2O[C@@H](n3cnc4c(N)ncnc43)[C@H](F)[C@@H]2OP(=O)([O-])OC[C@H]2O[C@@H](n3ccc(=O)[nH]c3=O)[C@H](F)[C@@H]2O1.[CH3+]. The molecule has 0 bridgehead atoms. The first-order chi connectivity index (χ1) is 23.6. The fourth-order valence-electron chi connectivity index (χ4n) is 5.16. The highest BCUT2D eigenvalue weighted by molar-refractivity contribution is 8.55. The third-order valence-corrected chi connectivity index (χ3v) is 11.6. The molecule has 21 nitrogen and oxygen atoms in total. The molecule has 0 spiro atoms. The average molecular weight is 786 g/mol. The van der Waals surface area contributed by atoms with Crippen molar-refractivity contribution in [1.29, 1.82) is 0 Å². The molecule has 0 amide bonds. The summed E-state index contributed by atoms with van der Waals surface area (Å²) < 4.78 is 103. The van der Waals surface area contributed by atoms with Crippen molar-refractivity contribution in [3.05, 3.63) is 53.2 Å². The van der Waals surface area contributed by atoms with E-state index in [-0.39, 0.29) is 35.8 Å². The molecule has 0 aromatic carbocycles. The topological polar surface area (TPSA) is 273 Å². The Hall–Kier alpha value is -3.44. The number of H-pyrrole nitrogens is 1. The Balaban J connectivity index is 0.00000504. The van der Waals surface area contributed by atoms with Gasteiger partial charge in [-0.1, -0.05) is 0 Å². The van der Waals surface area contributed by atoms with Crippen LogP contribution in [0.4, 0.5) is 19.4 Å². The summed E-state index contributed by atoms with van der Waals surface area (Å²) in [7, 11) is -5.47. The Morgan fingerprint density at radius 1 is 1.08 bits per heavy atom. The molecule has 6 heterocycles. The zero-order valence-electron chi connectivity index (χ0n) is 26.7. The first-order valence-electron chi connectivity index (χ1n) is 14.5. The molecule has 3 fully saturated rings. The second-order valence-electron chi connectivity index (χ2n) is 11.1. The van der Waals surface area contributed by atoms with Crippen molar-refractivity contribution in [2.75, 3.05) is 24.9 Å². The summed E-state index contributed by atoms with van der Waals surface area (Å²) >= 11 is 0.252.